The van der Waals surface area contributed by atoms with Crippen LogP contribution in [-0.4, -0.2) is 54.0 Å². The first kappa shape index (κ1) is 28.0. The molecule has 1 N–H and O–H groups in total. The first-order valence-corrected chi connectivity index (χ1v) is 14.4. The molecule has 4 rings (SSSR count). The summed E-state index contributed by atoms with van der Waals surface area (Å²) in [5.41, 5.74) is 2.82. The number of carbonyl (C=O) groups excluding carboxylic acids is 3. The topological polar surface area (TPSA) is 104 Å². The van der Waals surface area contributed by atoms with Crippen LogP contribution in [0.4, 0.5) is 0 Å². The van der Waals surface area contributed by atoms with Gasteiger partial charge in [0, 0.05) is 32.0 Å². The summed E-state index contributed by atoms with van der Waals surface area (Å²) in [5.74, 6) is -1.37. The number of nitrogens with zero attached hydrogens (tertiary/aromatic N) is 2. The molecule has 3 aromatic rings. The molecule has 9 heteroatoms. The van der Waals surface area contributed by atoms with Gasteiger partial charge in [-0.05, 0) is 49.6 Å². The number of fused-ring (bicyclic) bond motifs is 1. The van der Waals surface area contributed by atoms with Gasteiger partial charge in [-0.1, -0.05) is 66.7 Å². The average molecular weight is 548 g/mol. The second kappa shape index (κ2) is 11.8. The lowest BCUT2D eigenvalue weighted by Crippen LogP contribution is -2.52. The van der Waals surface area contributed by atoms with Gasteiger partial charge in [-0.25, -0.2) is 12.7 Å². The highest BCUT2D eigenvalue weighted by molar-refractivity contribution is 7.90. The van der Waals surface area contributed by atoms with Crippen LogP contribution in [0, 0.1) is 6.92 Å². The Kier molecular flexibility index (Phi) is 8.50. The van der Waals surface area contributed by atoms with Crippen LogP contribution in [0.3, 0.4) is 0 Å². The molecular formula is C30H33N3O5S. The van der Waals surface area contributed by atoms with Gasteiger partial charge in [-0.3, -0.25) is 14.4 Å². The highest BCUT2D eigenvalue weighted by Gasteiger charge is 2.41. The lowest BCUT2D eigenvalue weighted by Gasteiger charge is -2.33. The van der Waals surface area contributed by atoms with Crippen molar-refractivity contribution < 1.29 is 22.8 Å². The second-order valence-corrected chi connectivity index (χ2v) is 11.8. The highest BCUT2D eigenvalue weighted by atomic mass is 32.2. The predicted octanol–water partition coefficient (Wildman–Crippen LogP) is 3.69. The molecule has 1 aliphatic rings. The Hall–Kier alpha value is -3.98. The van der Waals surface area contributed by atoms with E-state index in [2.05, 4.69) is 5.32 Å². The van der Waals surface area contributed by atoms with E-state index in [1.54, 1.807) is 12.1 Å². The van der Waals surface area contributed by atoms with Crippen molar-refractivity contribution in [3.63, 3.8) is 0 Å². The van der Waals surface area contributed by atoms with Crippen molar-refractivity contribution >= 4 is 27.7 Å². The summed E-state index contributed by atoms with van der Waals surface area (Å²) in [6, 6.07) is 22.1. The highest BCUT2D eigenvalue weighted by Crippen LogP contribution is 2.30. The second-order valence-electron chi connectivity index (χ2n) is 9.95. The van der Waals surface area contributed by atoms with E-state index in [9.17, 15) is 22.8 Å². The van der Waals surface area contributed by atoms with Crippen molar-refractivity contribution in [1.29, 1.82) is 0 Å². The maximum absolute atomic E-state index is 13.8. The first-order chi connectivity index (χ1) is 18.6. The quantitative estimate of drug-likeness (QED) is 0.417. The normalized spacial score (nSPS) is 14.7. The predicted molar refractivity (Wildman–Crippen MR) is 148 cm³/mol. The van der Waals surface area contributed by atoms with E-state index < -0.39 is 27.9 Å². The Morgan fingerprint density at radius 3 is 2.23 bits per heavy atom. The van der Waals surface area contributed by atoms with Crippen LogP contribution in [0.25, 0.3) is 0 Å². The molecule has 1 atom stereocenters. The molecule has 204 valence electrons. The third-order valence-electron chi connectivity index (χ3n) is 6.74. The zero-order valence-corrected chi connectivity index (χ0v) is 23.1. The molecule has 1 aliphatic heterocycles. The molecular weight excluding hydrogens is 514 g/mol. The Morgan fingerprint density at radius 1 is 0.923 bits per heavy atom. The monoisotopic (exact) mass is 547 g/mol. The fraction of sp³-hybridized carbons (Fsp3) is 0.300. The lowest BCUT2D eigenvalue weighted by molar-refractivity contribution is -0.141. The number of benzene rings is 3. The Morgan fingerprint density at radius 2 is 1.56 bits per heavy atom. The van der Waals surface area contributed by atoms with E-state index in [-0.39, 0.29) is 48.3 Å². The van der Waals surface area contributed by atoms with Gasteiger partial charge >= 0.3 is 0 Å². The summed E-state index contributed by atoms with van der Waals surface area (Å²) in [6.45, 7) is 5.49. The largest absolute Gasteiger partial charge is 0.352 e. The zero-order valence-electron chi connectivity index (χ0n) is 22.3. The smallest absolute Gasteiger partial charge is 0.269 e. The fourth-order valence-corrected chi connectivity index (χ4v) is 6.27. The molecule has 8 nitrogen and oxygen atoms in total. The SMILES string of the molecule is Cc1ccccc1CN(C(=O)CCN1C(=O)c2ccccc2S1(=O)=O)[C@H](Cc1ccccc1)C(=O)NC(C)C. The van der Waals surface area contributed by atoms with Crippen molar-refractivity contribution in [3.8, 4) is 0 Å². The van der Waals surface area contributed by atoms with Crippen LogP contribution < -0.4 is 5.32 Å². The van der Waals surface area contributed by atoms with E-state index in [1.165, 1.54) is 17.0 Å². The van der Waals surface area contributed by atoms with E-state index >= 15 is 0 Å². The third kappa shape index (κ3) is 6.20. The van der Waals surface area contributed by atoms with Crippen LogP contribution in [0.5, 0.6) is 0 Å². The number of hydrogen-bond acceptors (Lipinski definition) is 5. The number of carbonyl (C=O) groups is 3. The maximum Gasteiger partial charge on any atom is 0.269 e. The van der Waals surface area contributed by atoms with Crippen molar-refractivity contribution in [2.45, 2.75) is 57.1 Å². The average Bonchev–Trinajstić information content (AvgIpc) is 3.10. The van der Waals surface area contributed by atoms with Crippen LogP contribution in [0.2, 0.25) is 0 Å². The number of rotatable bonds is 10. The van der Waals surface area contributed by atoms with Gasteiger partial charge < -0.3 is 10.2 Å². The molecule has 0 fully saturated rings. The lowest BCUT2D eigenvalue weighted by atomic mass is 10.0. The van der Waals surface area contributed by atoms with Crippen LogP contribution in [-0.2, 0) is 32.6 Å². The number of sulfonamides is 1. The minimum atomic E-state index is -4.05. The fourth-order valence-electron chi connectivity index (χ4n) is 4.70. The van der Waals surface area contributed by atoms with Gasteiger partial charge in [-0.15, -0.1) is 0 Å². The number of aryl methyl sites for hydroxylation is 1. The maximum atomic E-state index is 13.8. The van der Waals surface area contributed by atoms with E-state index in [4.69, 9.17) is 0 Å². The third-order valence-corrected chi connectivity index (χ3v) is 8.59. The molecule has 0 spiro atoms. The Balaban J connectivity index is 1.65. The van der Waals surface area contributed by atoms with Crippen LogP contribution in [0.15, 0.2) is 83.8 Å². The van der Waals surface area contributed by atoms with Crippen molar-refractivity contribution in [2.75, 3.05) is 6.54 Å². The Labute approximate surface area is 229 Å². The van der Waals surface area contributed by atoms with Gasteiger partial charge in [0.05, 0.1) is 5.56 Å². The summed E-state index contributed by atoms with van der Waals surface area (Å²) in [4.78, 5) is 41.7. The molecule has 0 saturated carbocycles. The summed E-state index contributed by atoms with van der Waals surface area (Å²) >= 11 is 0. The molecule has 3 amide bonds. The van der Waals surface area contributed by atoms with Crippen molar-refractivity contribution in [3.05, 3.63) is 101 Å². The first-order valence-electron chi connectivity index (χ1n) is 12.9. The summed E-state index contributed by atoms with van der Waals surface area (Å²) < 4.78 is 26.8. The van der Waals surface area contributed by atoms with Crippen LogP contribution in [0.1, 0.15) is 47.3 Å². The van der Waals surface area contributed by atoms with E-state index in [0.717, 1.165) is 21.0 Å². The van der Waals surface area contributed by atoms with Gasteiger partial charge in [0.2, 0.25) is 11.8 Å². The zero-order chi connectivity index (χ0) is 28.2. The summed E-state index contributed by atoms with van der Waals surface area (Å²) in [5, 5.41) is 2.93. The molecule has 3 aromatic carbocycles. The standard InChI is InChI=1S/C30H33N3O5S/c1-21(2)31-29(35)26(19-23-12-5-4-6-13-23)32(20-24-14-8-7-11-22(24)3)28(34)17-18-33-30(36)25-15-9-10-16-27(25)39(33,37)38/h4-16,21,26H,17-20H2,1-3H3,(H,31,35)/t26-/m1/s1. The van der Waals surface area contributed by atoms with Crippen molar-refractivity contribution in [1.82, 2.24) is 14.5 Å². The number of nitrogens with one attached hydrogen (secondary N) is 1. The van der Waals surface area contributed by atoms with Gasteiger partial charge in [-0.2, -0.15) is 0 Å². The molecule has 0 aromatic heterocycles. The summed E-state index contributed by atoms with van der Waals surface area (Å²) in [7, 11) is -4.05. The van der Waals surface area contributed by atoms with Crippen molar-refractivity contribution in [2.24, 2.45) is 0 Å². The molecule has 0 unspecified atom stereocenters. The number of hydrogen-bond donors (Lipinski definition) is 1. The van der Waals surface area contributed by atoms with Gasteiger partial charge in [0.25, 0.3) is 15.9 Å². The van der Waals surface area contributed by atoms with Crippen LogP contribution >= 0.6 is 0 Å². The molecule has 0 aliphatic carbocycles. The van der Waals surface area contributed by atoms with E-state index in [0.29, 0.717) is 0 Å². The van der Waals surface area contributed by atoms with Gasteiger partial charge in [0.15, 0.2) is 0 Å². The molecule has 0 radical (unpaired) electrons. The molecule has 39 heavy (non-hydrogen) atoms. The minimum absolute atomic E-state index is 0.0579. The number of amides is 3. The van der Waals surface area contributed by atoms with Gasteiger partial charge in [0.1, 0.15) is 10.9 Å². The molecule has 0 saturated heterocycles. The summed E-state index contributed by atoms with van der Waals surface area (Å²) in [6.07, 6.45) is 0.0223. The molecule has 0 bridgehead atoms. The van der Waals surface area contributed by atoms with E-state index in [1.807, 2.05) is 75.4 Å². The minimum Gasteiger partial charge on any atom is -0.352 e. The molecule has 1 heterocycles. The Bertz CT molecular complexity index is 1470.